The molecule has 1 atom stereocenters. The summed E-state index contributed by atoms with van der Waals surface area (Å²) in [7, 11) is 0. The van der Waals surface area contributed by atoms with E-state index in [0.29, 0.717) is 6.61 Å². The van der Waals surface area contributed by atoms with Crippen LogP contribution in [0.25, 0.3) is 0 Å². The zero-order valence-electron chi connectivity index (χ0n) is 11.4. The molecule has 4 heteroatoms. The van der Waals surface area contributed by atoms with E-state index in [0.717, 1.165) is 28.8 Å². The molecule has 1 aromatic carbocycles. The average Bonchev–Trinajstić information content (AvgIpc) is 2.87. The first kappa shape index (κ1) is 14.8. The summed E-state index contributed by atoms with van der Waals surface area (Å²) in [6.45, 7) is 6.04. The van der Waals surface area contributed by atoms with Crippen molar-refractivity contribution in [1.82, 2.24) is 4.90 Å². The molecule has 0 aromatic heterocycles. The van der Waals surface area contributed by atoms with Crippen molar-refractivity contribution in [2.75, 3.05) is 26.2 Å². The van der Waals surface area contributed by atoms with E-state index in [1.54, 1.807) is 6.92 Å². The minimum atomic E-state index is -0.498. The van der Waals surface area contributed by atoms with Crippen LogP contribution >= 0.6 is 15.9 Å². The van der Waals surface area contributed by atoms with E-state index < -0.39 is 6.10 Å². The molecule has 0 amide bonds. The van der Waals surface area contributed by atoms with Gasteiger partial charge in [0.05, 0.1) is 12.7 Å². The summed E-state index contributed by atoms with van der Waals surface area (Å²) < 4.78 is 6.80. The highest BCUT2D eigenvalue weighted by molar-refractivity contribution is 9.10. The lowest BCUT2D eigenvalue weighted by molar-refractivity contribution is 0.189. The molecular formula is C15H22BrNO2. The van der Waals surface area contributed by atoms with E-state index in [-0.39, 0.29) is 0 Å². The summed E-state index contributed by atoms with van der Waals surface area (Å²) in [5.74, 6) is 0.783. The molecule has 2 rings (SSSR count). The topological polar surface area (TPSA) is 32.7 Å². The van der Waals surface area contributed by atoms with Crippen LogP contribution in [-0.2, 0) is 0 Å². The quantitative estimate of drug-likeness (QED) is 0.813. The minimum absolute atomic E-state index is 0.498. The average molecular weight is 328 g/mol. The largest absolute Gasteiger partial charge is 0.493 e. The van der Waals surface area contributed by atoms with Crippen LogP contribution in [0.2, 0.25) is 0 Å². The molecule has 1 saturated heterocycles. The third-order valence-electron chi connectivity index (χ3n) is 3.50. The summed E-state index contributed by atoms with van der Waals surface area (Å²) >= 11 is 3.44. The zero-order valence-corrected chi connectivity index (χ0v) is 13.0. The van der Waals surface area contributed by atoms with Gasteiger partial charge >= 0.3 is 0 Å². The summed E-state index contributed by atoms with van der Waals surface area (Å²) in [5, 5.41) is 9.72. The molecule has 0 radical (unpaired) electrons. The second-order valence-electron chi connectivity index (χ2n) is 5.11. The number of halogens is 1. The number of hydrogen-bond donors (Lipinski definition) is 1. The van der Waals surface area contributed by atoms with Crippen molar-refractivity contribution >= 4 is 15.9 Å². The second-order valence-corrected chi connectivity index (χ2v) is 6.02. The van der Waals surface area contributed by atoms with Crippen molar-refractivity contribution in [1.29, 1.82) is 0 Å². The Morgan fingerprint density at radius 3 is 2.79 bits per heavy atom. The number of nitrogens with zero attached hydrogens (tertiary/aromatic N) is 1. The summed E-state index contributed by atoms with van der Waals surface area (Å²) in [6.07, 6.45) is 3.20. The fourth-order valence-corrected chi connectivity index (χ4v) is 2.79. The molecule has 1 fully saturated rings. The van der Waals surface area contributed by atoms with Crippen LogP contribution in [0.4, 0.5) is 0 Å². The number of aliphatic hydroxyl groups is 1. The minimum Gasteiger partial charge on any atom is -0.493 e. The fourth-order valence-electron chi connectivity index (χ4n) is 2.45. The van der Waals surface area contributed by atoms with Crippen molar-refractivity contribution < 1.29 is 9.84 Å². The van der Waals surface area contributed by atoms with Gasteiger partial charge in [0.15, 0.2) is 0 Å². The van der Waals surface area contributed by atoms with Gasteiger partial charge in [-0.2, -0.15) is 0 Å². The second kappa shape index (κ2) is 7.27. The van der Waals surface area contributed by atoms with Gasteiger partial charge < -0.3 is 14.7 Å². The Bertz CT molecular complexity index is 403. The first-order valence-electron chi connectivity index (χ1n) is 6.99. The van der Waals surface area contributed by atoms with Crippen molar-refractivity contribution in [2.45, 2.75) is 32.3 Å². The van der Waals surface area contributed by atoms with Gasteiger partial charge in [0.1, 0.15) is 5.75 Å². The fraction of sp³-hybridized carbons (Fsp3) is 0.600. The van der Waals surface area contributed by atoms with Crippen LogP contribution in [0.3, 0.4) is 0 Å². The smallest absolute Gasteiger partial charge is 0.126 e. The Labute approximate surface area is 123 Å². The third kappa shape index (κ3) is 4.48. The third-order valence-corrected chi connectivity index (χ3v) is 3.99. The number of aliphatic hydroxyl groups excluding tert-OH is 1. The molecule has 0 aliphatic carbocycles. The van der Waals surface area contributed by atoms with Gasteiger partial charge in [0.2, 0.25) is 0 Å². The molecule has 3 nitrogen and oxygen atoms in total. The predicted octanol–water partition coefficient (Wildman–Crippen LogP) is 3.37. The van der Waals surface area contributed by atoms with Crippen LogP contribution < -0.4 is 4.74 Å². The van der Waals surface area contributed by atoms with Crippen LogP contribution in [0, 0.1) is 0 Å². The van der Waals surface area contributed by atoms with Crippen molar-refractivity contribution in [2.24, 2.45) is 0 Å². The highest BCUT2D eigenvalue weighted by Gasteiger charge is 2.12. The van der Waals surface area contributed by atoms with Gasteiger partial charge in [-0.3, -0.25) is 0 Å². The Morgan fingerprint density at radius 1 is 1.37 bits per heavy atom. The van der Waals surface area contributed by atoms with E-state index >= 15 is 0 Å². The lowest BCUT2D eigenvalue weighted by Crippen LogP contribution is -2.22. The Morgan fingerprint density at radius 2 is 2.11 bits per heavy atom. The molecule has 0 spiro atoms. The first-order valence-corrected chi connectivity index (χ1v) is 7.79. The summed E-state index contributed by atoms with van der Waals surface area (Å²) in [5.41, 5.74) is 0.851. The molecule has 0 unspecified atom stereocenters. The molecule has 106 valence electrons. The van der Waals surface area contributed by atoms with Gasteiger partial charge in [0, 0.05) is 16.6 Å². The van der Waals surface area contributed by atoms with Crippen LogP contribution in [0.15, 0.2) is 22.7 Å². The molecule has 19 heavy (non-hydrogen) atoms. The van der Waals surface area contributed by atoms with E-state index in [4.69, 9.17) is 4.74 Å². The molecular weight excluding hydrogens is 306 g/mol. The van der Waals surface area contributed by atoms with Gasteiger partial charge in [-0.1, -0.05) is 22.0 Å². The molecule has 1 N–H and O–H groups in total. The first-order chi connectivity index (χ1) is 9.16. The molecule has 1 aliphatic rings. The molecule has 1 aromatic rings. The highest BCUT2D eigenvalue weighted by atomic mass is 79.9. The van der Waals surface area contributed by atoms with Gasteiger partial charge in [-0.05, 0) is 51.4 Å². The number of ether oxygens (including phenoxy) is 1. The Hall–Kier alpha value is -0.580. The molecule has 0 saturated carbocycles. The Kier molecular flexibility index (Phi) is 5.67. The monoisotopic (exact) mass is 327 g/mol. The standard InChI is InChI=1S/C15H22BrNO2/c1-12(18)14-6-5-13(16)11-15(14)19-10-4-9-17-7-2-3-8-17/h5-6,11-12,18H,2-4,7-10H2,1H3/t12-/m1/s1. The molecule has 1 heterocycles. The number of hydrogen-bond acceptors (Lipinski definition) is 3. The number of rotatable bonds is 6. The van der Waals surface area contributed by atoms with Gasteiger partial charge in [0.25, 0.3) is 0 Å². The van der Waals surface area contributed by atoms with Crippen molar-refractivity contribution in [3.63, 3.8) is 0 Å². The SMILES string of the molecule is C[C@@H](O)c1ccc(Br)cc1OCCCN1CCCC1. The van der Waals surface area contributed by atoms with Crippen LogP contribution in [-0.4, -0.2) is 36.2 Å². The van der Waals surface area contributed by atoms with Gasteiger partial charge in [-0.25, -0.2) is 0 Å². The van der Waals surface area contributed by atoms with E-state index in [1.807, 2.05) is 18.2 Å². The highest BCUT2D eigenvalue weighted by Crippen LogP contribution is 2.28. The van der Waals surface area contributed by atoms with Crippen molar-refractivity contribution in [3.05, 3.63) is 28.2 Å². The number of benzene rings is 1. The normalized spacial score (nSPS) is 17.6. The van der Waals surface area contributed by atoms with Gasteiger partial charge in [-0.15, -0.1) is 0 Å². The maximum atomic E-state index is 9.72. The van der Waals surface area contributed by atoms with E-state index in [2.05, 4.69) is 20.8 Å². The maximum absolute atomic E-state index is 9.72. The Balaban J connectivity index is 1.82. The zero-order chi connectivity index (χ0) is 13.7. The van der Waals surface area contributed by atoms with Crippen LogP contribution in [0.5, 0.6) is 5.75 Å². The molecule has 0 bridgehead atoms. The van der Waals surface area contributed by atoms with E-state index in [9.17, 15) is 5.11 Å². The lowest BCUT2D eigenvalue weighted by atomic mass is 10.1. The van der Waals surface area contributed by atoms with Crippen molar-refractivity contribution in [3.8, 4) is 5.75 Å². The summed E-state index contributed by atoms with van der Waals surface area (Å²) in [4.78, 5) is 2.49. The van der Waals surface area contributed by atoms with E-state index in [1.165, 1.54) is 25.9 Å². The lowest BCUT2D eigenvalue weighted by Gasteiger charge is -2.16. The maximum Gasteiger partial charge on any atom is 0.126 e. The predicted molar refractivity (Wildman–Crippen MR) is 80.6 cm³/mol. The molecule has 1 aliphatic heterocycles. The number of likely N-dealkylation sites (tertiary alicyclic amines) is 1. The summed E-state index contributed by atoms with van der Waals surface area (Å²) in [6, 6.07) is 5.77. The van der Waals surface area contributed by atoms with Crippen LogP contribution in [0.1, 0.15) is 37.9 Å².